The first kappa shape index (κ1) is 25.9. The van der Waals surface area contributed by atoms with Crippen LogP contribution in [-0.2, 0) is 19.7 Å². The first-order chi connectivity index (χ1) is 16.5. The van der Waals surface area contributed by atoms with Gasteiger partial charge in [-0.15, -0.1) is 0 Å². The molecule has 4 rings (SSSR count). The Morgan fingerprint density at radius 2 is 1.91 bits per heavy atom. The molecule has 4 atom stereocenters. The summed E-state index contributed by atoms with van der Waals surface area (Å²) in [6.07, 6.45) is 4.33. The minimum Gasteiger partial charge on any atom is -0.507 e. The van der Waals surface area contributed by atoms with E-state index in [0.29, 0.717) is 32.1 Å². The molecule has 0 aromatic heterocycles. The number of hydrogen-bond donors (Lipinski definition) is 3. The summed E-state index contributed by atoms with van der Waals surface area (Å²) in [5, 5.41) is 22.8. The van der Waals surface area contributed by atoms with E-state index in [2.05, 4.69) is 41.7 Å². The van der Waals surface area contributed by atoms with Gasteiger partial charge in [-0.2, -0.15) is 0 Å². The molecule has 12 heteroatoms. The highest BCUT2D eigenvalue weighted by Gasteiger charge is 2.41. The molecule has 2 fully saturated rings. The zero-order chi connectivity index (χ0) is 25.3. The van der Waals surface area contributed by atoms with Crippen LogP contribution in [-0.4, -0.2) is 43.0 Å². The monoisotopic (exact) mass is 630 g/mol. The molecule has 0 spiro atoms. The van der Waals surface area contributed by atoms with Gasteiger partial charge in [0, 0.05) is 12.1 Å². The second-order valence-corrected chi connectivity index (χ2v) is 12.2. The maximum atomic E-state index is 13.1. The van der Waals surface area contributed by atoms with Gasteiger partial charge in [-0.05, 0) is 99.7 Å². The van der Waals surface area contributed by atoms with Gasteiger partial charge in [-0.1, -0.05) is 11.6 Å². The van der Waals surface area contributed by atoms with Crippen molar-refractivity contribution in [2.45, 2.75) is 49.6 Å². The maximum Gasteiger partial charge on any atom is 0.347 e. The molecule has 188 valence electrons. The van der Waals surface area contributed by atoms with Crippen LogP contribution in [0.15, 0.2) is 49.3 Å². The summed E-state index contributed by atoms with van der Waals surface area (Å²) in [6, 6.07) is 7.29. The second-order valence-electron chi connectivity index (χ2n) is 8.77. The lowest BCUT2D eigenvalue weighted by molar-refractivity contribution is -0.149. The lowest BCUT2D eigenvalue weighted by Gasteiger charge is -2.23. The van der Waals surface area contributed by atoms with E-state index >= 15 is 0 Å². The van der Waals surface area contributed by atoms with Crippen LogP contribution in [0.4, 0.5) is 0 Å². The number of nitrogens with one attached hydrogen (secondary N) is 1. The Morgan fingerprint density at radius 3 is 2.51 bits per heavy atom. The maximum absolute atomic E-state index is 13.1. The Hall–Kier alpha value is -2.15. The van der Waals surface area contributed by atoms with Crippen LogP contribution >= 0.6 is 31.9 Å². The number of aromatic hydroxyl groups is 1. The summed E-state index contributed by atoms with van der Waals surface area (Å²) < 4.78 is 35.9. The van der Waals surface area contributed by atoms with Crippen LogP contribution < -0.4 is 9.46 Å². The molecule has 2 bridgehead atoms. The van der Waals surface area contributed by atoms with Gasteiger partial charge >= 0.3 is 5.97 Å². The third kappa shape index (κ3) is 5.99. The SMILES string of the molecule is CC(ON=Cc1cc(Br)c(Oc2ccc(O)c(S(=O)(=O)N[C@@H]3C[C@H]4CC[C@@H]3C4)c2)c(Br)c1)C(=O)O. The van der Waals surface area contributed by atoms with Crippen LogP contribution in [0, 0.1) is 11.8 Å². The van der Waals surface area contributed by atoms with E-state index in [-0.39, 0.29) is 22.4 Å². The van der Waals surface area contributed by atoms with Gasteiger partial charge in [0.1, 0.15) is 16.4 Å². The van der Waals surface area contributed by atoms with E-state index in [1.54, 1.807) is 12.1 Å². The first-order valence-corrected chi connectivity index (χ1v) is 14.0. The van der Waals surface area contributed by atoms with Gasteiger partial charge in [-0.25, -0.2) is 17.9 Å². The molecule has 0 amide bonds. The van der Waals surface area contributed by atoms with Crippen LogP contribution in [0.2, 0.25) is 0 Å². The zero-order valence-electron chi connectivity index (χ0n) is 18.6. The number of phenols is 1. The average Bonchev–Trinajstić information content (AvgIpc) is 3.40. The molecular formula is C23H24Br2N2O7S. The Kier molecular flexibility index (Phi) is 7.74. The minimum atomic E-state index is -3.94. The van der Waals surface area contributed by atoms with Gasteiger partial charge in [0.15, 0.2) is 5.75 Å². The van der Waals surface area contributed by atoms with E-state index in [1.165, 1.54) is 31.3 Å². The molecule has 0 aliphatic heterocycles. The van der Waals surface area contributed by atoms with Gasteiger partial charge in [0.25, 0.3) is 0 Å². The molecule has 0 heterocycles. The number of carbonyl (C=O) groups is 1. The number of carboxylic acid groups (broad SMARTS) is 1. The van der Waals surface area contributed by atoms with Crippen molar-refractivity contribution in [3.63, 3.8) is 0 Å². The summed E-state index contributed by atoms with van der Waals surface area (Å²) in [7, 11) is -3.94. The summed E-state index contributed by atoms with van der Waals surface area (Å²) >= 11 is 6.83. The van der Waals surface area contributed by atoms with Crippen molar-refractivity contribution < 1.29 is 33.0 Å². The predicted molar refractivity (Wildman–Crippen MR) is 135 cm³/mol. The number of halogens is 2. The predicted octanol–water partition coefficient (Wildman–Crippen LogP) is 5.00. The molecule has 9 nitrogen and oxygen atoms in total. The van der Waals surface area contributed by atoms with E-state index in [9.17, 15) is 18.3 Å². The van der Waals surface area contributed by atoms with Gasteiger partial charge in [-0.3, -0.25) is 0 Å². The standard InChI is InChI=1S/C23H24Br2N2O7S/c1-12(23(29)30)34-26-11-14-7-17(24)22(18(25)8-14)33-16-4-5-20(28)21(10-16)35(31,32)27-19-9-13-2-3-15(19)6-13/h4-5,7-8,10-13,15,19,27-28H,2-3,6,9H2,1H3,(H,29,30)/t12?,13-,15+,19+/m0/s1. The van der Waals surface area contributed by atoms with E-state index in [0.717, 1.165) is 25.7 Å². The van der Waals surface area contributed by atoms with E-state index in [1.807, 2.05) is 0 Å². The van der Waals surface area contributed by atoms with Crippen molar-refractivity contribution >= 4 is 54.1 Å². The molecule has 35 heavy (non-hydrogen) atoms. The summed E-state index contributed by atoms with van der Waals surface area (Å²) in [5.74, 6) is 0.0333. The molecule has 2 aromatic rings. The molecular weight excluding hydrogens is 608 g/mol. The first-order valence-electron chi connectivity index (χ1n) is 11.0. The quantitative estimate of drug-likeness (QED) is 0.262. The topological polar surface area (TPSA) is 135 Å². The lowest BCUT2D eigenvalue weighted by atomic mass is 9.96. The van der Waals surface area contributed by atoms with Crippen molar-refractivity contribution in [3.05, 3.63) is 44.8 Å². The number of oxime groups is 1. The van der Waals surface area contributed by atoms with Gasteiger partial charge < -0.3 is 19.8 Å². The van der Waals surface area contributed by atoms with Crippen molar-refractivity contribution in [2.75, 3.05) is 0 Å². The van der Waals surface area contributed by atoms with Crippen molar-refractivity contribution in [2.24, 2.45) is 17.0 Å². The average molecular weight is 632 g/mol. The molecule has 2 aliphatic rings. The van der Waals surface area contributed by atoms with Crippen LogP contribution in [0.3, 0.4) is 0 Å². The molecule has 0 radical (unpaired) electrons. The smallest absolute Gasteiger partial charge is 0.347 e. The normalized spacial score (nSPS) is 22.4. The number of sulfonamides is 1. The zero-order valence-corrected chi connectivity index (χ0v) is 22.6. The van der Waals surface area contributed by atoms with Crippen LogP contribution in [0.25, 0.3) is 0 Å². The van der Waals surface area contributed by atoms with Gasteiger partial charge in [0.2, 0.25) is 16.1 Å². The number of fused-ring (bicyclic) bond motifs is 2. The molecule has 2 aromatic carbocycles. The lowest BCUT2D eigenvalue weighted by Crippen LogP contribution is -2.38. The number of phenolic OH excluding ortho intramolecular Hbond substituents is 1. The Labute approximate surface area is 219 Å². The van der Waals surface area contributed by atoms with E-state index < -0.39 is 22.1 Å². The number of aliphatic carboxylic acids is 1. The highest BCUT2D eigenvalue weighted by molar-refractivity contribution is 9.11. The van der Waals surface area contributed by atoms with E-state index in [4.69, 9.17) is 14.7 Å². The minimum absolute atomic E-state index is 0.109. The number of ether oxygens (including phenoxy) is 1. The number of hydrogen-bond acceptors (Lipinski definition) is 7. The fourth-order valence-corrected chi connectivity index (χ4v) is 7.33. The largest absolute Gasteiger partial charge is 0.507 e. The number of carboxylic acids is 1. The number of nitrogens with zero attached hydrogens (tertiary/aromatic N) is 1. The van der Waals surface area contributed by atoms with Gasteiger partial charge in [0.05, 0.1) is 15.2 Å². The molecule has 1 unspecified atom stereocenters. The summed E-state index contributed by atoms with van der Waals surface area (Å²) in [5.41, 5.74) is 0.595. The highest BCUT2D eigenvalue weighted by atomic mass is 79.9. The van der Waals surface area contributed by atoms with Crippen LogP contribution in [0.5, 0.6) is 17.2 Å². The Bertz CT molecular complexity index is 1250. The van der Waals surface area contributed by atoms with Crippen molar-refractivity contribution in [1.29, 1.82) is 0 Å². The highest BCUT2D eigenvalue weighted by Crippen LogP contribution is 2.45. The second kappa shape index (κ2) is 10.5. The Balaban J connectivity index is 1.51. The third-order valence-corrected chi connectivity index (χ3v) is 8.97. The number of benzene rings is 2. The molecule has 2 aliphatic carbocycles. The molecule has 3 N–H and O–H groups in total. The fraction of sp³-hybridized carbons (Fsp3) is 0.391. The molecule has 0 saturated heterocycles. The summed E-state index contributed by atoms with van der Waals surface area (Å²) in [6.45, 7) is 1.36. The van der Waals surface area contributed by atoms with Crippen molar-refractivity contribution in [1.82, 2.24) is 4.72 Å². The third-order valence-electron chi connectivity index (χ3n) is 6.27. The van der Waals surface area contributed by atoms with Crippen molar-refractivity contribution in [3.8, 4) is 17.2 Å². The Morgan fingerprint density at radius 1 is 1.20 bits per heavy atom. The fourth-order valence-electron chi connectivity index (χ4n) is 4.52. The summed E-state index contributed by atoms with van der Waals surface area (Å²) in [4.78, 5) is 15.4. The number of rotatable bonds is 9. The molecule has 2 saturated carbocycles. The van der Waals surface area contributed by atoms with Crippen LogP contribution in [0.1, 0.15) is 38.2 Å².